The van der Waals surface area contributed by atoms with Gasteiger partial charge in [-0.05, 0) is 61.1 Å². The molecule has 11 nitrogen and oxygen atoms in total. The van der Waals surface area contributed by atoms with Crippen LogP contribution >= 0.6 is 12.4 Å². The van der Waals surface area contributed by atoms with Gasteiger partial charge >= 0.3 is 0 Å². The van der Waals surface area contributed by atoms with Gasteiger partial charge in [-0.3, -0.25) is 19.3 Å². The molecule has 3 amide bonds. The smallest absolute Gasteiger partial charge is 0.254 e. The van der Waals surface area contributed by atoms with Gasteiger partial charge in [-0.25, -0.2) is 0 Å². The van der Waals surface area contributed by atoms with Gasteiger partial charge in [-0.15, -0.1) is 12.4 Å². The van der Waals surface area contributed by atoms with Crippen molar-refractivity contribution in [2.75, 3.05) is 53.0 Å². The summed E-state index contributed by atoms with van der Waals surface area (Å²) in [6.45, 7) is 10.9. The van der Waals surface area contributed by atoms with Gasteiger partial charge in [0, 0.05) is 44.8 Å². The standard InChI is InChI=1S/C37H52N4O7.ClH/c1-5-8-17-41-35(44)32(33(42)27(6-2)7-3)38-36(45)37(41)15-18-39(19-16-37)25-26-9-12-29(13-10-26)48-30-14-11-28(24-31(30)46-4)34(43)40-20-22-47-23-21-40;/h9-14,24,27,32-33,42H,5-8,15-23,25H2,1-4H3,(H,38,45);1H/t32-,33-;/m1./s1. The first-order valence-electron chi connectivity index (χ1n) is 17.6. The summed E-state index contributed by atoms with van der Waals surface area (Å²) in [5.41, 5.74) is 0.769. The SMILES string of the molecule is CCCCN1C(=O)[C@@H]([C@H](O)C(CC)CC)NC(=O)C12CCN(Cc1ccc(Oc3ccc(C(=O)N4CCOCC4)cc3OC)cc1)CC2.Cl. The molecule has 2 aromatic carbocycles. The fraction of sp³-hybridized carbons (Fsp3) is 0.595. The van der Waals surface area contributed by atoms with Crippen LogP contribution < -0.4 is 14.8 Å². The van der Waals surface area contributed by atoms with Gasteiger partial charge in [0.05, 0.1) is 26.4 Å². The number of aliphatic hydroxyl groups is 1. The van der Waals surface area contributed by atoms with E-state index in [1.807, 2.05) is 38.1 Å². The molecule has 0 saturated carbocycles. The fourth-order valence-electron chi connectivity index (χ4n) is 7.21. The summed E-state index contributed by atoms with van der Waals surface area (Å²) >= 11 is 0. The Labute approximate surface area is 296 Å². The number of rotatable bonds is 13. The number of piperidine rings is 1. The lowest BCUT2D eigenvalue weighted by Gasteiger charge is -2.52. The van der Waals surface area contributed by atoms with E-state index in [-0.39, 0.29) is 36.0 Å². The van der Waals surface area contributed by atoms with Gasteiger partial charge in [-0.2, -0.15) is 0 Å². The minimum Gasteiger partial charge on any atom is -0.493 e. The summed E-state index contributed by atoms with van der Waals surface area (Å²) in [5.74, 6) is 1.27. The van der Waals surface area contributed by atoms with Crippen LogP contribution in [0.25, 0.3) is 0 Å². The highest BCUT2D eigenvalue weighted by Crippen LogP contribution is 2.36. The molecule has 3 aliphatic rings. The number of ether oxygens (including phenoxy) is 3. The summed E-state index contributed by atoms with van der Waals surface area (Å²) < 4.78 is 17.1. The number of aliphatic hydroxyl groups excluding tert-OH is 1. The van der Waals surface area contributed by atoms with Crippen molar-refractivity contribution in [3.63, 3.8) is 0 Å². The van der Waals surface area contributed by atoms with E-state index in [0.717, 1.165) is 31.2 Å². The first-order valence-corrected chi connectivity index (χ1v) is 17.6. The normalized spacial score (nSPS) is 20.2. The third-order valence-corrected chi connectivity index (χ3v) is 10.3. The Morgan fingerprint density at radius 2 is 1.67 bits per heavy atom. The molecule has 3 aliphatic heterocycles. The fourth-order valence-corrected chi connectivity index (χ4v) is 7.21. The molecule has 0 bridgehead atoms. The van der Waals surface area contributed by atoms with Crippen molar-refractivity contribution in [3.8, 4) is 17.2 Å². The van der Waals surface area contributed by atoms with E-state index in [1.54, 1.807) is 35.1 Å². The van der Waals surface area contributed by atoms with E-state index in [1.165, 1.54) is 0 Å². The van der Waals surface area contributed by atoms with Gasteiger partial charge in [0.15, 0.2) is 11.5 Å². The van der Waals surface area contributed by atoms with Crippen LogP contribution in [0, 0.1) is 5.92 Å². The topological polar surface area (TPSA) is 121 Å². The lowest BCUT2D eigenvalue weighted by molar-refractivity contribution is -0.165. The highest BCUT2D eigenvalue weighted by molar-refractivity contribution is 6.00. The van der Waals surface area contributed by atoms with Crippen LogP contribution in [0.1, 0.15) is 75.2 Å². The van der Waals surface area contributed by atoms with Crippen LogP contribution in [-0.4, -0.2) is 108 Å². The maximum atomic E-state index is 13.8. The van der Waals surface area contributed by atoms with Crippen LogP contribution in [0.5, 0.6) is 17.2 Å². The molecule has 0 aromatic heterocycles. The number of amides is 3. The Morgan fingerprint density at radius 3 is 2.29 bits per heavy atom. The van der Waals surface area contributed by atoms with Crippen LogP contribution in [-0.2, 0) is 20.9 Å². The van der Waals surface area contributed by atoms with Crippen molar-refractivity contribution in [1.82, 2.24) is 20.0 Å². The minimum absolute atomic E-state index is 0. The molecule has 2 aromatic rings. The Bertz CT molecular complexity index is 1410. The van der Waals surface area contributed by atoms with Crippen molar-refractivity contribution >= 4 is 30.1 Å². The predicted molar refractivity (Wildman–Crippen MR) is 189 cm³/mol. The molecule has 12 heteroatoms. The quantitative estimate of drug-likeness (QED) is 0.310. The number of carbonyl (C=O) groups excluding carboxylic acids is 3. The molecule has 2 N–H and O–H groups in total. The molecular formula is C37H53ClN4O7. The third kappa shape index (κ3) is 8.51. The van der Waals surface area contributed by atoms with Crippen molar-refractivity contribution in [2.24, 2.45) is 5.92 Å². The first kappa shape index (κ1) is 38.4. The summed E-state index contributed by atoms with van der Waals surface area (Å²) in [4.78, 5) is 46.4. The second-order valence-corrected chi connectivity index (χ2v) is 13.2. The Kier molecular flexibility index (Phi) is 13.7. The number of likely N-dealkylation sites (tertiary alicyclic amines) is 1. The number of piperazine rings is 1. The average Bonchev–Trinajstić information content (AvgIpc) is 3.12. The van der Waals surface area contributed by atoms with Crippen LogP contribution in [0.4, 0.5) is 0 Å². The lowest BCUT2D eigenvalue weighted by atomic mass is 9.79. The van der Waals surface area contributed by atoms with Gasteiger partial charge in [0.1, 0.15) is 17.3 Å². The number of methoxy groups -OCH3 is 1. The van der Waals surface area contributed by atoms with Gasteiger partial charge in [-0.1, -0.05) is 52.2 Å². The van der Waals surface area contributed by atoms with Crippen molar-refractivity contribution in [2.45, 2.75) is 83.5 Å². The molecule has 0 unspecified atom stereocenters. The number of nitrogens with one attached hydrogen (secondary N) is 1. The number of morpholine rings is 1. The molecule has 270 valence electrons. The molecule has 0 radical (unpaired) electrons. The van der Waals surface area contributed by atoms with E-state index in [0.29, 0.717) is 88.1 Å². The van der Waals surface area contributed by atoms with E-state index in [9.17, 15) is 19.5 Å². The zero-order chi connectivity index (χ0) is 34.3. The zero-order valence-electron chi connectivity index (χ0n) is 29.3. The molecule has 3 fully saturated rings. The minimum atomic E-state index is -0.894. The maximum Gasteiger partial charge on any atom is 0.254 e. The van der Waals surface area contributed by atoms with E-state index < -0.39 is 17.7 Å². The molecule has 0 aliphatic carbocycles. The van der Waals surface area contributed by atoms with Crippen molar-refractivity contribution in [1.29, 1.82) is 0 Å². The molecule has 5 rings (SSSR count). The number of hydrogen-bond acceptors (Lipinski definition) is 8. The third-order valence-electron chi connectivity index (χ3n) is 10.3. The molecular weight excluding hydrogens is 648 g/mol. The van der Waals surface area contributed by atoms with Crippen LogP contribution in [0.3, 0.4) is 0 Å². The summed E-state index contributed by atoms with van der Waals surface area (Å²) in [7, 11) is 1.56. The summed E-state index contributed by atoms with van der Waals surface area (Å²) in [6, 6.07) is 12.2. The molecule has 3 heterocycles. The highest BCUT2D eigenvalue weighted by atomic mass is 35.5. The highest BCUT2D eigenvalue weighted by Gasteiger charge is 2.55. The molecule has 49 heavy (non-hydrogen) atoms. The number of hydrogen-bond donors (Lipinski definition) is 2. The van der Waals surface area contributed by atoms with E-state index in [2.05, 4.69) is 17.1 Å². The Hall–Kier alpha value is -3.38. The predicted octanol–water partition coefficient (Wildman–Crippen LogP) is 4.64. The van der Waals surface area contributed by atoms with Gasteiger partial charge < -0.3 is 34.4 Å². The average molecular weight is 701 g/mol. The number of unbranched alkanes of at least 4 members (excludes halogenated alkanes) is 1. The Balaban J connectivity index is 0.00000541. The molecule has 3 saturated heterocycles. The monoisotopic (exact) mass is 700 g/mol. The van der Waals surface area contributed by atoms with Gasteiger partial charge in [0.2, 0.25) is 11.8 Å². The molecule has 1 spiro atoms. The lowest BCUT2D eigenvalue weighted by Crippen LogP contribution is -2.75. The zero-order valence-corrected chi connectivity index (χ0v) is 30.1. The Morgan fingerprint density at radius 1 is 1.00 bits per heavy atom. The van der Waals surface area contributed by atoms with Crippen LogP contribution in [0.15, 0.2) is 42.5 Å². The number of carbonyl (C=O) groups is 3. The van der Waals surface area contributed by atoms with Crippen LogP contribution in [0.2, 0.25) is 0 Å². The number of nitrogens with zero attached hydrogens (tertiary/aromatic N) is 3. The van der Waals surface area contributed by atoms with E-state index >= 15 is 0 Å². The van der Waals surface area contributed by atoms with E-state index in [4.69, 9.17) is 14.2 Å². The van der Waals surface area contributed by atoms with Crippen molar-refractivity contribution < 1.29 is 33.7 Å². The summed E-state index contributed by atoms with van der Waals surface area (Å²) in [5, 5.41) is 14.0. The second-order valence-electron chi connectivity index (χ2n) is 13.2. The summed E-state index contributed by atoms with van der Waals surface area (Å²) in [6.07, 6.45) is 3.43. The van der Waals surface area contributed by atoms with Gasteiger partial charge in [0.25, 0.3) is 5.91 Å². The van der Waals surface area contributed by atoms with Crippen molar-refractivity contribution in [3.05, 3.63) is 53.6 Å². The number of benzene rings is 2. The second kappa shape index (κ2) is 17.5. The maximum absolute atomic E-state index is 13.8. The number of halogens is 1. The largest absolute Gasteiger partial charge is 0.493 e. The molecule has 2 atom stereocenters. The first-order chi connectivity index (χ1) is 23.2.